The van der Waals surface area contributed by atoms with Gasteiger partial charge in [0.05, 0.1) is 17.2 Å². The van der Waals surface area contributed by atoms with Gasteiger partial charge in [-0.3, -0.25) is 19.3 Å². The maximum atomic E-state index is 12.2. The molecule has 0 aliphatic carbocycles. The topological polar surface area (TPSA) is 66.5 Å². The molecule has 0 fully saturated rings. The molecule has 2 aromatic rings. The summed E-state index contributed by atoms with van der Waals surface area (Å²) in [6, 6.07) is 16.2. The van der Waals surface area contributed by atoms with Crippen molar-refractivity contribution in [1.82, 2.24) is 10.2 Å². The van der Waals surface area contributed by atoms with Gasteiger partial charge in [-0.25, -0.2) is 0 Å². The fourth-order valence-corrected chi connectivity index (χ4v) is 2.79. The molecule has 2 aromatic carbocycles. The van der Waals surface area contributed by atoms with E-state index < -0.39 is 0 Å². The minimum absolute atomic E-state index is 0.0830. The summed E-state index contributed by atoms with van der Waals surface area (Å²) in [6.45, 7) is 1.98. The molecule has 0 unspecified atom stereocenters. The highest BCUT2D eigenvalue weighted by atomic mass is 16.2. The van der Waals surface area contributed by atoms with Gasteiger partial charge in [-0.2, -0.15) is 0 Å². The summed E-state index contributed by atoms with van der Waals surface area (Å²) in [5, 5.41) is 2.88. The van der Waals surface area contributed by atoms with Crippen LogP contribution in [0.15, 0.2) is 54.6 Å². The highest BCUT2D eigenvalue weighted by Gasteiger charge is 2.34. The molecular formula is C19H18N2O3. The molecule has 3 rings (SSSR count). The fourth-order valence-electron chi connectivity index (χ4n) is 2.79. The molecule has 1 aliphatic rings. The SMILES string of the molecule is C[C@H](NC(=O)CCN1C(=O)c2ccccc2C1=O)c1ccccc1. The molecule has 1 heterocycles. The molecule has 1 atom stereocenters. The van der Waals surface area contributed by atoms with Crippen LogP contribution in [0.1, 0.15) is 45.7 Å². The van der Waals surface area contributed by atoms with Crippen LogP contribution in [0, 0.1) is 0 Å². The molecule has 0 radical (unpaired) electrons. The Kier molecular flexibility index (Phi) is 4.42. The summed E-state index contributed by atoms with van der Waals surface area (Å²) in [5.41, 5.74) is 1.81. The average Bonchev–Trinajstić information content (AvgIpc) is 2.85. The van der Waals surface area contributed by atoms with Gasteiger partial charge in [0.1, 0.15) is 0 Å². The first-order valence-electron chi connectivity index (χ1n) is 7.87. The Morgan fingerprint density at radius 2 is 1.50 bits per heavy atom. The van der Waals surface area contributed by atoms with Gasteiger partial charge in [0.25, 0.3) is 11.8 Å². The molecule has 5 heteroatoms. The number of fused-ring (bicyclic) bond motifs is 1. The average molecular weight is 322 g/mol. The van der Waals surface area contributed by atoms with Gasteiger partial charge >= 0.3 is 0 Å². The van der Waals surface area contributed by atoms with Crippen molar-refractivity contribution in [2.45, 2.75) is 19.4 Å². The maximum Gasteiger partial charge on any atom is 0.261 e. The van der Waals surface area contributed by atoms with Gasteiger partial charge in [-0.15, -0.1) is 0 Å². The molecule has 3 amide bonds. The van der Waals surface area contributed by atoms with Crippen molar-refractivity contribution in [2.24, 2.45) is 0 Å². The van der Waals surface area contributed by atoms with E-state index in [9.17, 15) is 14.4 Å². The monoisotopic (exact) mass is 322 g/mol. The van der Waals surface area contributed by atoms with Crippen molar-refractivity contribution < 1.29 is 14.4 Å². The lowest BCUT2D eigenvalue weighted by Gasteiger charge is -2.16. The highest BCUT2D eigenvalue weighted by molar-refractivity contribution is 6.21. The number of rotatable bonds is 5. The Morgan fingerprint density at radius 3 is 2.08 bits per heavy atom. The van der Waals surface area contributed by atoms with Crippen LogP contribution < -0.4 is 5.32 Å². The van der Waals surface area contributed by atoms with Crippen LogP contribution in [0.2, 0.25) is 0 Å². The van der Waals surface area contributed by atoms with Crippen molar-refractivity contribution in [3.63, 3.8) is 0 Å². The molecule has 1 aliphatic heterocycles. The zero-order chi connectivity index (χ0) is 17.1. The van der Waals surface area contributed by atoms with Crippen LogP contribution in [0.5, 0.6) is 0 Å². The number of nitrogens with one attached hydrogen (secondary N) is 1. The summed E-state index contributed by atoms with van der Waals surface area (Å²) in [6.07, 6.45) is 0.0860. The lowest BCUT2D eigenvalue weighted by molar-refractivity contribution is -0.121. The van der Waals surface area contributed by atoms with E-state index in [1.807, 2.05) is 37.3 Å². The van der Waals surface area contributed by atoms with Crippen LogP contribution in [-0.4, -0.2) is 29.2 Å². The molecule has 5 nitrogen and oxygen atoms in total. The third-order valence-electron chi connectivity index (χ3n) is 4.12. The van der Waals surface area contributed by atoms with Gasteiger partial charge in [-0.1, -0.05) is 42.5 Å². The lowest BCUT2D eigenvalue weighted by Crippen LogP contribution is -2.35. The van der Waals surface area contributed by atoms with E-state index in [2.05, 4.69) is 5.32 Å². The zero-order valence-electron chi connectivity index (χ0n) is 13.4. The summed E-state index contributed by atoms with van der Waals surface area (Å²) in [5.74, 6) is -0.859. The predicted octanol–water partition coefficient (Wildman–Crippen LogP) is 2.55. The first-order chi connectivity index (χ1) is 11.6. The number of hydrogen-bond donors (Lipinski definition) is 1. The second-order valence-electron chi connectivity index (χ2n) is 5.76. The molecule has 24 heavy (non-hydrogen) atoms. The van der Waals surface area contributed by atoms with Gasteiger partial charge < -0.3 is 5.32 Å². The Morgan fingerprint density at radius 1 is 0.958 bits per heavy atom. The fraction of sp³-hybridized carbons (Fsp3) is 0.211. The van der Waals surface area contributed by atoms with E-state index in [-0.39, 0.29) is 36.7 Å². The summed E-state index contributed by atoms with van der Waals surface area (Å²) in [4.78, 5) is 37.7. The van der Waals surface area contributed by atoms with Crippen molar-refractivity contribution in [3.05, 3.63) is 71.3 Å². The molecule has 0 saturated heterocycles. The molecule has 122 valence electrons. The first-order valence-corrected chi connectivity index (χ1v) is 7.87. The molecule has 0 aromatic heterocycles. The predicted molar refractivity (Wildman–Crippen MR) is 89.4 cm³/mol. The summed E-state index contributed by atoms with van der Waals surface area (Å²) < 4.78 is 0. The van der Waals surface area contributed by atoms with Crippen LogP contribution >= 0.6 is 0 Å². The Labute approximate surface area is 140 Å². The van der Waals surface area contributed by atoms with Crippen LogP contribution in [0.25, 0.3) is 0 Å². The number of benzene rings is 2. The van der Waals surface area contributed by atoms with E-state index in [4.69, 9.17) is 0 Å². The van der Waals surface area contributed by atoms with E-state index in [0.717, 1.165) is 10.5 Å². The number of hydrogen-bond acceptors (Lipinski definition) is 3. The normalized spacial score (nSPS) is 14.5. The molecular weight excluding hydrogens is 304 g/mol. The van der Waals surface area contributed by atoms with Crippen molar-refractivity contribution >= 4 is 17.7 Å². The number of amides is 3. The number of carbonyl (C=O) groups excluding carboxylic acids is 3. The largest absolute Gasteiger partial charge is 0.350 e. The minimum Gasteiger partial charge on any atom is -0.350 e. The summed E-state index contributed by atoms with van der Waals surface area (Å²) in [7, 11) is 0. The second kappa shape index (κ2) is 6.66. The molecule has 0 spiro atoms. The quantitative estimate of drug-likeness (QED) is 0.860. The minimum atomic E-state index is -0.334. The Bertz CT molecular complexity index is 751. The zero-order valence-corrected chi connectivity index (χ0v) is 13.4. The number of carbonyl (C=O) groups is 3. The van der Waals surface area contributed by atoms with E-state index in [0.29, 0.717) is 11.1 Å². The third kappa shape index (κ3) is 3.06. The first kappa shape index (κ1) is 15.9. The van der Waals surface area contributed by atoms with E-state index >= 15 is 0 Å². The number of imide groups is 1. The molecule has 0 bridgehead atoms. The second-order valence-corrected chi connectivity index (χ2v) is 5.76. The Balaban J connectivity index is 1.58. The standard InChI is InChI=1S/C19H18N2O3/c1-13(14-7-3-2-4-8-14)20-17(22)11-12-21-18(23)15-9-5-6-10-16(15)19(21)24/h2-10,13H,11-12H2,1H3,(H,20,22)/t13-/m0/s1. The van der Waals surface area contributed by atoms with E-state index in [1.54, 1.807) is 24.3 Å². The van der Waals surface area contributed by atoms with Crippen molar-refractivity contribution in [3.8, 4) is 0 Å². The lowest BCUT2D eigenvalue weighted by atomic mass is 10.1. The third-order valence-corrected chi connectivity index (χ3v) is 4.12. The summed E-state index contributed by atoms with van der Waals surface area (Å²) >= 11 is 0. The van der Waals surface area contributed by atoms with Gasteiger partial charge in [0.15, 0.2) is 0 Å². The van der Waals surface area contributed by atoms with Gasteiger partial charge in [-0.05, 0) is 24.6 Å². The highest BCUT2D eigenvalue weighted by Crippen LogP contribution is 2.22. The van der Waals surface area contributed by atoms with Crippen LogP contribution in [0.4, 0.5) is 0 Å². The van der Waals surface area contributed by atoms with Crippen molar-refractivity contribution in [1.29, 1.82) is 0 Å². The molecule has 0 saturated carbocycles. The smallest absolute Gasteiger partial charge is 0.261 e. The van der Waals surface area contributed by atoms with Crippen molar-refractivity contribution in [2.75, 3.05) is 6.54 Å². The van der Waals surface area contributed by atoms with Gasteiger partial charge in [0.2, 0.25) is 5.91 Å². The van der Waals surface area contributed by atoms with Gasteiger partial charge in [0, 0.05) is 13.0 Å². The van der Waals surface area contributed by atoms with Crippen LogP contribution in [0.3, 0.4) is 0 Å². The van der Waals surface area contributed by atoms with E-state index in [1.165, 1.54) is 0 Å². The molecule has 1 N–H and O–H groups in total. The Hall–Kier alpha value is -2.95. The number of nitrogens with zero attached hydrogens (tertiary/aromatic N) is 1. The van der Waals surface area contributed by atoms with Crippen LogP contribution in [-0.2, 0) is 4.79 Å². The maximum absolute atomic E-state index is 12.2.